The zero-order valence-electron chi connectivity index (χ0n) is 10.9. The van der Waals surface area contributed by atoms with E-state index in [1.807, 2.05) is 0 Å². The molecule has 0 radical (unpaired) electrons. The lowest BCUT2D eigenvalue weighted by Gasteiger charge is -2.19. The van der Waals surface area contributed by atoms with Gasteiger partial charge >= 0.3 is 0 Å². The molecule has 6 heteroatoms. The first-order valence-corrected chi connectivity index (χ1v) is 6.41. The third-order valence-electron chi connectivity index (χ3n) is 3.19. The van der Waals surface area contributed by atoms with Crippen molar-refractivity contribution < 1.29 is 14.3 Å². The van der Waals surface area contributed by atoms with Gasteiger partial charge in [-0.25, -0.2) is 0 Å². The Balaban J connectivity index is 2.11. The summed E-state index contributed by atoms with van der Waals surface area (Å²) in [5.74, 6) is 0.272. The van der Waals surface area contributed by atoms with Crippen LogP contribution in [0.1, 0.15) is 10.4 Å². The van der Waals surface area contributed by atoms with Crippen molar-refractivity contribution in [3.05, 3.63) is 28.8 Å². The van der Waals surface area contributed by atoms with Gasteiger partial charge in [0.15, 0.2) is 0 Å². The summed E-state index contributed by atoms with van der Waals surface area (Å²) in [5.41, 5.74) is 0.466. The highest BCUT2D eigenvalue weighted by atomic mass is 35.5. The molecule has 5 nitrogen and oxygen atoms in total. The van der Waals surface area contributed by atoms with Crippen LogP contribution in [0, 0.1) is 0 Å². The Kier molecular flexibility index (Phi) is 4.63. The highest BCUT2D eigenvalue weighted by Gasteiger charge is 2.29. The molecular weight excluding hydrogens is 268 g/mol. The lowest BCUT2D eigenvalue weighted by atomic mass is 10.1. The summed E-state index contributed by atoms with van der Waals surface area (Å²) in [7, 11) is 3.15. The fourth-order valence-corrected chi connectivity index (χ4v) is 2.31. The van der Waals surface area contributed by atoms with Crippen molar-refractivity contribution in [3.8, 4) is 5.75 Å². The summed E-state index contributed by atoms with van der Waals surface area (Å²) in [6.07, 6.45) is -0.0118. The second-order valence-corrected chi connectivity index (χ2v) is 4.79. The van der Waals surface area contributed by atoms with Crippen LogP contribution in [-0.2, 0) is 4.74 Å². The van der Waals surface area contributed by atoms with Gasteiger partial charge in [-0.2, -0.15) is 0 Å². The van der Waals surface area contributed by atoms with Gasteiger partial charge in [-0.15, -0.1) is 0 Å². The smallest absolute Gasteiger partial charge is 0.255 e. The molecule has 1 fully saturated rings. The molecule has 0 saturated carbocycles. The Hall–Kier alpha value is -1.30. The summed E-state index contributed by atoms with van der Waals surface area (Å²) in [6, 6.07) is 4.90. The van der Waals surface area contributed by atoms with Crippen LogP contribution >= 0.6 is 11.6 Å². The summed E-state index contributed by atoms with van der Waals surface area (Å²) in [6.45, 7) is 1.43. The standard InChI is InChI=1S/C13H17ClN2O3/c1-18-11-5-8(14)3-4-9(11)13(17)16-10-6-15-7-12(10)19-2/h3-5,10,12,15H,6-7H2,1-2H3,(H,16,17)/t10?,12-/m0/s1. The first kappa shape index (κ1) is 14.1. The van der Waals surface area contributed by atoms with Gasteiger partial charge < -0.3 is 20.1 Å². The van der Waals surface area contributed by atoms with E-state index in [0.717, 1.165) is 6.54 Å². The second kappa shape index (κ2) is 6.23. The number of carbonyl (C=O) groups excluding carboxylic acids is 1. The molecule has 1 saturated heterocycles. The van der Waals surface area contributed by atoms with Gasteiger partial charge in [0.05, 0.1) is 24.8 Å². The van der Waals surface area contributed by atoms with E-state index in [1.165, 1.54) is 7.11 Å². The number of methoxy groups -OCH3 is 2. The molecular formula is C13H17ClN2O3. The zero-order chi connectivity index (χ0) is 13.8. The Labute approximate surface area is 117 Å². The van der Waals surface area contributed by atoms with Crippen LogP contribution in [0.25, 0.3) is 0 Å². The van der Waals surface area contributed by atoms with Gasteiger partial charge in [0.2, 0.25) is 0 Å². The minimum absolute atomic E-state index is 0.0118. The van der Waals surface area contributed by atoms with Gasteiger partial charge in [-0.05, 0) is 18.2 Å². The van der Waals surface area contributed by atoms with Gasteiger partial charge in [0.1, 0.15) is 5.75 Å². The molecule has 1 heterocycles. The topological polar surface area (TPSA) is 59.6 Å². The number of amides is 1. The van der Waals surface area contributed by atoms with Crippen molar-refractivity contribution in [1.29, 1.82) is 0 Å². The van der Waals surface area contributed by atoms with Crippen LogP contribution < -0.4 is 15.4 Å². The van der Waals surface area contributed by atoms with E-state index in [2.05, 4.69) is 10.6 Å². The first-order chi connectivity index (χ1) is 9.15. The summed E-state index contributed by atoms with van der Waals surface area (Å²) < 4.78 is 10.5. The quantitative estimate of drug-likeness (QED) is 0.868. The van der Waals surface area contributed by atoms with Crippen LogP contribution in [0.5, 0.6) is 5.75 Å². The largest absolute Gasteiger partial charge is 0.496 e. The molecule has 0 aliphatic carbocycles. The molecule has 2 N–H and O–H groups in total. The third kappa shape index (κ3) is 3.18. The van der Waals surface area contributed by atoms with E-state index in [9.17, 15) is 4.79 Å². The number of halogens is 1. The van der Waals surface area contributed by atoms with Gasteiger partial charge in [0.25, 0.3) is 5.91 Å². The first-order valence-electron chi connectivity index (χ1n) is 6.03. The van der Waals surface area contributed by atoms with E-state index >= 15 is 0 Å². The van der Waals surface area contributed by atoms with Crippen LogP contribution in [-0.4, -0.2) is 45.4 Å². The highest BCUT2D eigenvalue weighted by Crippen LogP contribution is 2.23. The van der Waals surface area contributed by atoms with Gasteiger partial charge in [-0.1, -0.05) is 11.6 Å². The molecule has 1 aliphatic heterocycles. The van der Waals surface area contributed by atoms with Crippen LogP contribution in [0.3, 0.4) is 0 Å². The fraction of sp³-hybridized carbons (Fsp3) is 0.462. The van der Waals surface area contributed by atoms with Gasteiger partial charge in [0, 0.05) is 25.2 Å². The van der Waals surface area contributed by atoms with Crippen LogP contribution in [0.15, 0.2) is 18.2 Å². The second-order valence-electron chi connectivity index (χ2n) is 4.36. The molecule has 2 atom stereocenters. The summed E-state index contributed by atoms with van der Waals surface area (Å²) in [5, 5.41) is 6.65. The predicted octanol–water partition coefficient (Wildman–Crippen LogP) is 1.07. The minimum Gasteiger partial charge on any atom is -0.496 e. The monoisotopic (exact) mass is 284 g/mol. The average Bonchev–Trinajstić information content (AvgIpc) is 2.85. The maximum absolute atomic E-state index is 12.2. The summed E-state index contributed by atoms with van der Waals surface area (Å²) >= 11 is 5.87. The average molecular weight is 285 g/mol. The Morgan fingerprint density at radius 2 is 2.21 bits per heavy atom. The number of ether oxygens (including phenoxy) is 2. The van der Waals surface area contributed by atoms with Crippen LogP contribution in [0.4, 0.5) is 0 Å². The number of benzene rings is 1. The molecule has 1 amide bonds. The Morgan fingerprint density at radius 3 is 2.89 bits per heavy atom. The van der Waals surface area contributed by atoms with Crippen molar-refractivity contribution in [3.63, 3.8) is 0 Å². The Bertz CT molecular complexity index is 467. The maximum atomic E-state index is 12.2. The maximum Gasteiger partial charge on any atom is 0.255 e. The number of hydrogen-bond acceptors (Lipinski definition) is 4. The molecule has 0 spiro atoms. The molecule has 1 unspecified atom stereocenters. The number of nitrogens with one attached hydrogen (secondary N) is 2. The van der Waals surface area contributed by atoms with E-state index in [-0.39, 0.29) is 18.1 Å². The molecule has 0 bridgehead atoms. The number of rotatable bonds is 4. The number of carbonyl (C=O) groups is 1. The van der Waals surface area contributed by atoms with E-state index in [4.69, 9.17) is 21.1 Å². The molecule has 19 heavy (non-hydrogen) atoms. The zero-order valence-corrected chi connectivity index (χ0v) is 11.7. The van der Waals surface area contributed by atoms with Crippen molar-refractivity contribution in [2.75, 3.05) is 27.3 Å². The fourth-order valence-electron chi connectivity index (χ4n) is 2.15. The third-order valence-corrected chi connectivity index (χ3v) is 3.42. The van der Waals surface area contributed by atoms with Gasteiger partial charge in [-0.3, -0.25) is 4.79 Å². The van der Waals surface area contributed by atoms with E-state index in [1.54, 1.807) is 25.3 Å². The normalized spacial score (nSPS) is 22.3. The van der Waals surface area contributed by atoms with Crippen molar-refractivity contribution in [1.82, 2.24) is 10.6 Å². The van der Waals surface area contributed by atoms with Crippen molar-refractivity contribution in [2.24, 2.45) is 0 Å². The molecule has 0 aromatic heterocycles. The minimum atomic E-state index is -0.190. The molecule has 104 valence electrons. The molecule has 1 aromatic rings. The van der Waals surface area contributed by atoms with Crippen molar-refractivity contribution >= 4 is 17.5 Å². The molecule has 2 rings (SSSR count). The van der Waals surface area contributed by atoms with Crippen LogP contribution in [0.2, 0.25) is 5.02 Å². The van der Waals surface area contributed by atoms with Crippen molar-refractivity contribution in [2.45, 2.75) is 12.1 Å². The highest BCUT2D eigenvalue weighted by molar-refractivity contribution is 6.30. The lowest BCUT2D eigenvalue weighted by molar-refractivity contribution is 0.0778. The molecule has 1 aliphatic rings. The SMILES string of the molecule is COc1cc(Cl)ccc1C(=O)NC1CNC[C@@H]1OC. The lowest BCUT2D eigenvalue weighted by Crippen LogP contribution is -2.43. The van der Waals surface area contributed by atoms with E-state index in [0.29, 0.717) is 22.9 Å². The molecule has 1 aromatic carbocycles. The predicted molar refractivity (Wildman–Crippen MR) is 72.9 cm³/mol. The Morgan fingerprint density at radius 1 is 1.42 bits per heavy atom. The number of hydrogen-bond donors (Lipinski definition) is 2. The summed E-state index contributed by atoms with van der Waals surface area (Å²) in [4.78, 5) is 12.2. The van der Waals surface area contributed by atoms with E-state index < -0.39 is 0 Å².